The van der Waals surface area contributed by atoms with E-state index >= 15 is 4.39 Å². The van der Waals surface area contributed by atoms with Gasteiger partial charge in [-0.1, -0.05) is 43.2 Å². The third kappa shape index (κ3) is 4.00. The van der Waals surface area contributed by atoms with Crippen LogP contribution in [-0.4, -0.2) is 42.8 Å². The minimum absolute atomic E-state index is 0.483. The Morgan fingerprint density at radius 1 is 1.08 bits per heavy atom. The summed E-state index contributed by atoms with van der Waals surface area (Å²) in [5, 5.41) is 3.51. The number of hydrogen-bond donors (Lipinski definition) is 1. The van der Waals surface area contributed by atoms with Crippen LogP contribution in [0.5, 0.6) is 0 Å². The van der Waals surface area contributed by atoms with Crippen LogP contribution in [0.3, 0.4) is 0 Å². The number of hydrogen-bond acceptors (Lipinski definition) is 2. The van der Waals surface area contributed by atoms with Gasteiger partial charge in [0.05, 0.1) is 0 Å². The summed E-state index contributed by atoms with van der Waals surface area (Å²) in [6.07, 6.45) is 8.15. The molecule has 0 aromatic heterocycles. The molecule has 24 heavy (non-hydrogen) atoms. The van der Waals surface area contributed by atoms with E-state index in [0.29, 0.717) is 31.3 Å². The summed E-state index contributed by atoms with van der Waals surface area (Å²) in [6, 6.07) is 11.1. The summed E-state index contributed by atoms with van der Waals surface area (Å²) >= 11 is 0. The lowest BCUT2D eigenvalue weighted by molar-refractivity contribution is 0.0512. The molecule has 0 spiro atoms. The third-order valence-electron chi connectivity index (χ3n) is 6.44. The first-order valence-electron chi connectivity index (χ1n) is 9.91. The molecule has 3 heteroatoms. The Labute approximate surface area is 145 Å². The molecular formula is C21H31FN2. The molecule has 1 aromatic rings. The number of rotatable bonds is 6. The number of piperidine rings is 1. The molecule has 2 unspecified atom stereocenters. The molecule has 0 radical (unpaired) electrons. The predicted molar refractivity (Wildman–Crippen MR) is 97.1 cm³/mol. The highest BCUT2D eigenvalue weighted by Gasteiger charge is 2.41. The second-order valence-corrected chi connectivity index (χ2v) is 8.34. The number of nitrogens with zero attached hydrogens (tertiary/aromatic N) is 1. The Morgan fingerprint density at radius 3 is 2.50 bits per heavy atom. The van der Waals surface area contributed by atoms with E-state index in [4.69, 9.17) is 0 Å². The highest BCUT2D eigenvalue weighted by Crippen LogP contribution is 2.41. The van der Waals surface area contributed by atoms with Crippen molar-refractivity contribution in [3.05, 3.63) is 35.9 Å². The maximum atomic E-state index is 15.1. The van der Waals surface area contributed by atoms with Crippen molar-refractivity contribution in [2.45, 2.75) is 62.6 Å². The Balaban J connectivity index is 1.19. The van der Waals surface area contributed by atoms with Crippen molar-refractivity contribution in [1.29, 1.82) is 0 Å². The fraction of sp³-hybridized carbons (Fsp3) is 0.714. The first kappa shape index (κ1) is 16.5. The van der Waals surface area contributed by atoms with Crippen molar-refractivity contribution < 1.29 is 4.39 Å². The van der Waals surface area contributed by atoms with E-state index in [9.17, 15) is 0 Å². The predicted octanol–water partition coefficient (Wildman–Crippen LogP) is 4.13. The number of halogens is 1. The maximum absolute atomic E-state index is 15.1. The average Bonchev–Trinajstić information content (AvgIpc) is 3.22. The Bertz CT molecular complexity index is 518. The first-order valence-corrected chi connectivity index (χ1v) is 9.91. The van der Waals surface area contributed by atoms with Gasteiger partial charge in [0, 0.05) is 38.1 Å². The zero-order valence-corrected chi connectivity index (χ0v) is 14.7. The normalized spacial score (nSPS) is 30.5. The van der Waals surface area contributed by atoms with Gasteiger partial charge in [0.15, 0.2) is 0 Å². The van der Waals surface area contributed by atoms with Crippen molar-refractivity contribution in [3.8, 4) is 0 Å². The van der Waals surface area contributed by atoms with Crippen LogP contribution in [0.25, 0.3) is 0 Å². The van der Waals surface area contributed by atoms with Gasteiger partial charge in [-0.05, 0) is 43.6 Å². The molecule has 1 saturated heterocycles. The lowest BCUT2D eigenvalue weighted by Gasteiger charge is -2.37. The van der Waals surface area contributed by atoms with Crippen molar-refractivity contribution in [1.82, 2.24) is 10.2 Å². The fourth-order valence-electron chi connectivity index (χ4n) is 4.67. The minimum Gasteiger partial charge on any atom is -0.310 e. The van der Waals surface area contributed by atoms with Crippen LogP contribution in [0.1, 0.15) is 56.4 Å². The van der Waals surface area contributed by atoms with Gasteiger partial charge in [0.25, 0.3) is 0 Å². The molecule has 132 valence electrons. The van der Waals surface area contributed by atoms with Crippen molar-refractivity contribution in [3.63, 3.8) is 0 Å². The highest BCUT2D eigenvalue weighted by molar-refractivity contribution is 5.27. The number of alkyl halides is 1. The molecule has 1 aliphatic heterocycles. The van der Waals surface area contributed by atoms with Crippen LogP contribution < -0.4 is 5.32 Å². The van der Waals surface area contributed by atoms with Gasteiger partial charge >= 0.3 is 0 Å². The summed E-state index contributed by atoms with van der Waals surface area (Å²) in [7, 11) is 0. The molecule has 2 saturated carbocycles. The highest BCUT2D eigenvalue weighted by atomic mass is 19.1. The molecule has 2 aliphatic carbocycles. The van der Waals surface area contributed by atoms with Crippen LogP contribution >= 0.6 is 0 Å². The zero-order valence-electron chi connectivity index (χ0n) is 14.7. The van der Waals surface area contributed by atoms with E-state index in [1.165, 1.54) is 37.8 Å². The topological polar surface area (TPSA) is 15.3 Å². The summed E-state index contributed by atoms with van der Waals surface area (Å²) < 4.78 is 15.1. The number of benzene rings is 1. The molecule has 3 fully saturated rings. The van der Waals surface area contributed by atoms with Gasteiger partial charge in [0.1, 0.15) is 5.67 Å². The SMILES string of the molecule is FC1(CNC2CC2c2ccccc2)CCN(CC2CCCC2)CC1. The van der Waals surface area contributed by atoms with Gasteiger partial charge in [-0.3, -0.25) is 0 Å². The summed E-state index contributed by atoms with van der Waals surface area (Å²) in [5.74, 6) is 1.48. The Hall–Kier alpha value is -0.930. The summed E-state index contributed by atoms with van der Waals surface area (Å²) in [5.41, 5.74) is 0.407. The number of likely N-dealkylation sites (tertiary alicyclic amines) is 1. The molecule has 0 bridgehead atoms. The van der Waals surface area contributed by atoms with Gasteiger partial charge in [-0.15, -0.1) is 0 Å². The van der Waals surface area contributed by atoms with Crippen molar-refractivity contribution in [2.75, 3.05) is 26.2 Å². The molecule has 1 heterocycles. The lowest BCUT2D eigenvalue weighted by Crippen LogP contribution is -2.48. The van der Waals surface area contributed by atoms with E-state index in [2.05, 4.69) is 40.5 Å². The van der Waals surface area contributed by atoms with Crippen molar-refractivity contribution >= 4 is 0 Å². The van der Waals surface area contributed by atoms with Crippen molar-refractivity contribution in [2.24, 2.45) is 5.92 Å². The lowest BCUT2D eigenvalue weighted by atomic mass is 9.92. The van der Waals surface area contributed by atoms with E-state index < -0.39 is 5.67 Å². The third-order valence-corrected chi connectivity index (χ3v) is 6.44. The molecule has 2 atom stereocenters. The van der Waals surface area contributed by atoms with Crippen LogP contribution in [0.15, 0.2) is 30.3 Å². The molecular weight excluding hydrogens is 299 g/mol. The van der Waals surface area contributed by atoms with E-state index in [1.54, 1.807) is 0 Å². The summed E-state index contributed by atoms with van der Waals surface area (Å²) in [4.78, 5) is 2.51. The smallest absolute Gasteiger partial charge is 0.125 e. The molecule has 0 amide bonds. The van der Waals surface area contributed by atoms with Crippen LogP contribution in [0.4, 0.5) is 4.39 Å². The van der Waals surface area contributed by atoms with E-state index in [0.717, 1.165) is 25.4 Å². The Morgan fingerprint density at radius 2 is 1.79 bits per heavy atom. The van der Waals surface area contributed by atoms with E-state index in [-0.39, 0.29) is 0 Å². The second kappa shape index (κ2) is 7.13. The average molecular weight is 330 g/mol. The molecule has 1 N–H and O–H groups in total. The largest absolute Gasteiger partial charge is 0.310 e. The van der Waals surface area contributed by atoms with Crippen LogP contribution in [0.2, 0.25) is 0 Å². The quantitative estimate of drug-likeness (QED) is 0.844. The zero-order chi connectivity index (χ0) is 16.4. The standard InChI is InChI=1S/C21H31FN2/c22-21(10-12-24(13-11-21)15-17-6-4-5-7-17)16-23-20-14-19(20)18-8-2-1-3-9-18/h1-3,8-9,17,19-20,23H,4-7,10-16H2. The first-order chi connectivity index (χ1) is 11.7. The molecule has 2 nitrogen and oxygen atoms in total. The molecule has 3 aliphatic rings. The van der Waals surface area contributed by atoms with Gasteiger partial charge < -0.3 is 10.2 Å². The van der Waals surface area contributed by atoms with E-state index in [1.807, 2.05) is 0 Å². The fourth-order valence-corrected chi connectivity index (χ4v) is 4.67. The summed E-state index contributed by atoms with van der Waals surface area (Å²) in [6.45, 7) is 3.64. The van der Waals surface area contributed by atoms with Gasteiger partial charge in [-0.25, -0.2) is 4.39 Å². The molecule has 1 aromatic carbocycles. The number of nitrogens with one attached hydrogen (secondary N) is 1. The maximum Gasteiger partial charge on any atom is 0.125 e. The second-order valence-electron chi connectivity index (χ2n) is 8.34. The minimum atomic E-state index is -0.990. The van der Waals surface area contributed by atoms with Gasteiger partial charge in [-0.2, -0.15) is 0 Å². The van der Waals surface area contributed by atoms with Gasteiger partial charge in [0.2, 0.25) is 0 Å². The molecule has 4 rings (SSSR count). The monoisotopic (exact) mass is 330 g/mol. The Kier molecular flexibility index (Phi) is 4.91. The van der Waals surface area contributed by atoms with Crippen LogP contribution in [-0.2, 0) is 0 Å². The van der Waals surface area contributed by atoms with Crippen LogP contribution in [0, 0.1) is 5.92 Å².